The number of carbonyl (C=O) groups is 1. The molecule has 0 aliphatic carbocycles. The molecule has 0 radical (unpaired) electrons. The van der Waals surface area contributed by atoms with Crippen molar-refractivity contribution in [2.45, 2.75) is 33.1 Å². The Kier molecular flexibility index (Phi) is 4.76. The van der Waals surface area contributed by atoms with Gasteiger partial charge in [0.05, 0.1) is 11.5 Å². The molecule has 0 saturated carbocycles. The van der Waals surface area contributed by atoms with Crippen LogP contribution in [-0.2, 0) is 11.2 Å². The lowest BCUT2D eigenvalue weighted by Crippen LogP contribution is -2.27. The minimum atomic E-state index is -0.977. The summed E-state index contributed by atoms with van der Waals surface area (Å²) in [5, 5.41) is 16.9. The Morgan fingerprint density at radius 2 is 2.12 bits per heavy atom. The Balaban J connectivity index is 2.22. The molecule has 0 fully saturated rings. The molecule has 1 aliphatic rings. The van der Waals surface area contributed by atoms with Gasteiger partial charge in [0.2, 0.25) is 0 Å². The summed E-state index contributed by atoms with van der Waals surface area (Å²) in [7, 11) is 0. The summed E-state index contributed by atoms with van der Waals surface area (Å²) in [6, 6.07) is 7.60. The van der Waals surface area contributed by atoms with Crippen LogP contribution in [0.3, 0.4) is 0 Å². The number of halogens is 1. The fourth-order valence-corrected chi connectivity index (χ4v) is 3.50. The monoisotopic (exact) mass is 403 g/mol. The van der Waals surface area contributed by atoms with Crippen LogP contribution < -0.4 is 5.32 Å². The summed E-state index contributed by atoms with van der Waals surface area (Å²) in [6.45, 7) is 5.59. The fraction of sp³-hybridized carbons (Fsp3) is 0.278. The SMILES string of the molecule is CCc1noc(C2=C(C)NC(C)=C(C(=O)O)C2c2cccc(Br)c2)n1. The number of aromatic nitrogens is 2. The standard InChI is InChI=1S/C18H18BrN3O3/c1-4-13-21-17(25-22-13)14-9(2)20-10(3)15(18(23)24)16(14)11-6-5-7-12(19)8-11/h5-8,16,20H,4H2,1-3H3,(H,23,24). The van der Waals surface area contributed by atoms with E-state index in [-0.39, 0.29) is 5.57 Å². The third kappa shape index (κ3) is 3.24. The Bertz CT molecular complexity index is 898. The zero-order valence-corrected chi connectivity index (χ0v) is 15.7. The predicted molar refractivity (Wildman–Crippen MR) is 96.6 cm³/mol. The maximum absolute atomic E-state index is 12.0. The van der Waals surface area contributed by atoms with Crippen LogP contribution in [0.25, 0.3) is 5.57 Å². The Morgan fingerprint density at radius 1 is 1.36 bits per heavy atom. The molecule has 2 N–H and O–H groups in total. The summed E-state index contributed by atoms with van der Waals surface area (Å²) in [4.78, 5) is 16.4. The molecular weight excluding hydrogens is 386 g/mol. The molecule has 0 bridgehead atoms. The first-order chi connectivity index (χ1) is 11.9. The van der Waals surface area contributed by atoms with Gasteiger partial charge < -0.3 is 14.9 Å². The molecule has 2 aromatic rings. The van der Waals surface area contributed by atoms with Gasteiger partial charge >= 0.3 is 5.97 Å². The van der Waals surface area contributed by atoms with E-state index in [1.807, 2.05) is 38.1 Å². The molecule has 1 unspecified atom stereocenters. The largest absolute Gasteiger partial charge is 0.478 e. The lowest BCUT2D eigenvalue weighted by Gasteiger charge is -2.29. The van der Waals surface area contributed by atoms with Gasteiger partial charge in [-0.05, 0) is 31.5 Å². The van der Waals surface area contributed by atoms with Gasteiger partial charge in [-0.25, -0.2) is 4.79 Å². The van der Waals surface area contributed by atoms with Gasteiger partial charge in [-0.15, -0.1) is 0 Å². The van der Waals surface area contributed by atoms with E-state index in [2.05, 4.69) is 31.4 Å². The third-order valence-electron chi connectivity index (χ3n) is 4.19. The summed E-state index contributed by atoms with van der Waals surface area (Å²) in [5.41, 5.74) is 3.22. The number of hydrogen-bond acceptors (Lipinski definition) is 5. The predicted octanol–water partition coefficient (Wildman–Crippen LogP) is 3.87. The van der Waals surface area contributed by atoms with Gasteiger partial charge in [0.15, 0.2) is 5.82 Å². The second-order valence-electron chi connectivity index (χ2n) is 5.86. The topological polar surface area (TPSA) is 88.2 Å². The first-order valence-corrected chi connectivity index (χ1v) is 8.72. The number of carboxylic acids is 1. The van der Waals surface area contributed by atoms with E-state index in [1.54, 1.807) is 6.92 Å². The lowest BCUT2D eigenvalue weighted by molar-refractivity contribution is -0.132. The van der Waals surface area contributed by atoms with Crippen molar-refractivity contribution in [3.63, 3.8) is 0 Å². The van der Waals surface area contributed by atoms with Gasteiger partial charge in [0, 0.05) is 27.9 Å². The third-order valence-corrected chi connectivity index (χ3v) is 4.68. The first kappa shape index (κ1) is 17.4. The van der Waals surface area contributed by atoms with Crippen molar-refractivity contribution in [2.24, 2.45) is 0 Å². The number of rotatable bonds is 4. The molecular formula is C18H18BrN3O3. The number of aliphatic carboxylic acids is 1. The summed E-state index contributed by atoms with van der Waals surface area (Å²) < 4.78 is 6.30. The van der Waals surface area contributed by atoms with E-state index < -0.39 is 11.9 Å². The maximum Gasteiger partial charge on any atom is 0.334 e. The average molecular weight is 404 g/mol. The second-order valence-corrected chi connectivity index (χ2v) is 6.78. The number of benzene rings is 1. The molecule has 130 valence electrons. The molecule has 1 aromatic heterocycles. The quantitative estimate of drug-likeness (QED) is 0.805. The fourth-order valence-electron chi connectivity index (χ4n) is 3.09. The van der Waals surface area contributed by atoms with Crippen molar-refractivity contribution in [3.05, 3.63) is 63.0 Å². The van der Waals surface area contributed by atoms with E-state index in [4.69, 9.17) is 4.52 Å². The number of allylic oxidation sites excluding steroid dienone is 3. The number of nitrogens with one attached hydrogen (secondary N) is 1. The molecule has 2 heterocycles. The van der Waals surface area contributed by atoms with Crippen LogP contribution in [0.5, 0.6) is 0 Å². The van der Waals surface area contributed by atoms with E-state index in [9.17, 15) is 9.90 Å². The molecule has 1 atom stereocenters. The van der Waals surface area contributed by atoms with Crippen molar-refractivity contribution in [3.8, 4) is 0 Å². The minimum Gasteiger partial charge on any atom is -0.478 e. The smallest absolute Gasteiger partial charge is 0.334 e. The average Bonchev–Trinajstić information content (AvgIpc) is 3.02. The highest BCUT2D eigenvalue weighted by atomic mass is 79.9. The van der Waals surface area contributed by atoms with Crippen LogP contribution in [0.2, 0.25) is 0 Å². The van der Waals surface area contributed by atoms with Gasteiger partial charge in [0.25, 0.3) is 5.89 Å². The zero-order valence-electron chi connectivity index (χ0n) is 14.1. The number of dihydropyridines is 1. The van der Waals surface area contributed by atoms with E-state index in [0.29, 0.717) is 29.4 Å². The normalized spacial score (nSPS) is 17.7. The van der Waals surface area contributed by atoms with Crippen LogP contribution >= 0.6 is 15.9 Å². The Morgan fingerprint density at radius 3 is 2.72 bits per heavy atom. The van der Waals surface area contributed by atoms with Crippen molar-refractivity contribution in [1.82, 2.24) is 15.5 Å². The number of carboxylic acid groups (broad SMARTS) is 1. The van der Waals surface area contributed by atoms with Crippen LogP contribution in [0.15, 0.2) is 50.2 Å². The molecule has 0 amide bonds. The van der Waals surface area contributed by atoms with Crippen LogP contribution in [-0.4, -0.2) is 21.2 Å². The van der Waals surface area contributed by atoms with Crippen LogP contribution in [0.4, 0.5) is 0 Å². The molecule has 0 saturated heterocycles. The molecule has 3 rings (SSSR count). The van der Waals surface area contributed by atoms with Crippen molar-refractivity contribution < 1.29 is 14.4 Å². The van der Waals surface area contributed by atoms with E-state index >= 15 is 0 Å². The van der Waals surface area contributed by atoms with Crippen molar-refractivity contribution >= 4 is 27.5 Å². The minimum absolute atomic E-state index is 0.273. The summed E-state index contributed by atoms with van der Waals surface area (Å²) >= 11 is 3.46. The highest BCUT2D eigenvalue weighted by molar-refractivity contribution is 9.10. The Hall–Kier alpha value is -2.41. The van der Waals surface area contributed by atoms with E-state index in [1.165, 1.54) is 0 Å². The van der Waals surface area contributed by atoms with Gasteiger partial charge in [-0.3, -0.25) is 0 Å². The van der Waals surface area contributed by atoms with Gasteiger partial charge in [-0.1, -0.05) is 40.1 Å². The number of hydrogen-bond donors (Lipinski definition) is 2. The second kappa shape index (κ2) is 6.84. The molecule has 6 nitrogen and oxygen atoms in total. The zero-order chi connectivity index (χ0) is 18.1. The molecule has 25 heavy (non-hydrogen) atoms. The van der Waals surface area contributed by atoms with E-state index in [0.717, 1.165) is 15.7 Å². The number of nitrogens with zero attached hydrogens (tertiary/aromatic N) is 2. The summed E-state index contributed by atoms with van der Waals surface area (Å²) in [5.74, 6) is -0.541. The highest BCUT2D eigenvalue weighted by Gasteiger charge is 2.36. The molecule has 1 aromatic carbocycles. The van der Waals surface area contributed by atoms with Gasteiger partial charge in [-0.2, -0.15) is 4.98 Å². The van der Waals surface area contributed by atoms with Gasteiger partial charge in [0.1, 0.15) is 0 Å². The van der Waals surface area contributed by atoms with Crippen LogP contribution in [0, 0.1) is 0 Å². The lowest BCUT2D eigenvalue weighted by atomic mass is 9.80. The molecule has 0 spiro atoms. The van der Waals surface area contributed by atoms with Crippen molar-refractivity contribution in [2.75, 3.05) is 0 Å². The summed E-state index contributed by atoms with van der Waals surface area (Å²) in [6.07, 6.45) is 0.644. The molecule has 1 aliphatic heterocycles. The van der Waals surface area contributed by atoms with Crippen molar-refractivity contribution in [1.29, 1.82) is 0 Å². The maximum atomic E-state index is 12.0. The Labute approximate surface area is 153 Å². The number of aryl methyl sites for hydroxylation is 1. The molecule has 7 heteroatoms. The first-order valence-electron chi connectivity index (χ1n) is 7.92. The van der Waals surface area contributed by atoms with Crippen LogP contribution in [0.1, 0.15) is 44.0 Å². The highest BCUT2D eigenvalue weighted by Crippen LogP contribution is 2.43.